The zero-order valence-electron chi connectivity index (χ0n) is 9.83. The number of methoxy groups -OCH3 is 1. The van der Waals surface area contributed by atoms with Crippen LogP contribution in [0.25, 0.3) is 0 Å². The maximum atomic E-state index is 11.3. The van der Waals surface area contributed by atoms with Gasteiger partial charge in [-0.05, 0) is 17.7 Å². The van der Waals surface area contributed by atoms with Gasteiger partial charge in [0, 0.05) is 24.7 Å². The molecule has 0 bridgehead atoms. The highest BCUT2D eigenvalue weighted by Crippen LogP contribution is 2.09. The second-order valence-corrected chi connectivity index (χ2v) is 4.49. The summed E-state index contributed by atoms with van der Waals surface area (Å²) in [5.74, 6) is -0.0147. The predicted molar refractivity (Wildman–Crippen MR) is 70.7 cm³/mol. The fourth-order valence-corrected chi connectivity index (χ4v) is 1.54. The van der Waals surface area contributed by atoms with Gasteiger partial charge in [-0.3, -0.25) is 4.79 Å². The lowest BCUT2D eigenvalue weighted by atomic mass is 10.2. The van der Waals surface area contributed by atoms with Gasteiger partial charge in [0.2, 0.25) is 5.91 Å². The van der Waals surface area contributed by atoms with E-state index in [0.29, 0.717) is 26.2 Å². The fraction of sp³-hybridized carbons (Fsp3) is 0.417. The maximum absolute atomic E-state index is 11.3. The summed E-state index contributed by atoms with van der Waals surface area (Å²) in [6.07, 6.45) is 0. The van der Waals surface area contributed by atoms with Crippen molar-refractivity contribution in [3.05, 3.63) is 34.3 Å². The van der Waals surface area contributed by atoms with Crippen molar-refractivity contribution >= 4 is 21.8 Å². The summed E-state index contributed by atoms with van der Waals surface area (Å²) >= 11 is 3.38. The van der Waals surface area contributed by atoms with Crippen LogP contribution in [0.1, 0.15) is 5.56 Å². The van der Waals surface area contributed by atoms with Crippen LogP contribution in [-0.2, 0) is 16.1 Å². The average molecular weight is 301 g/mol. The summed E-state index contributed by atoms with van der Waals surface area (Å²) in [5.41, 5.74) is 1.15. The minimum absolute atomic E-state index is 0.0147. The third-order valence-electron chi connectivity index (χ3n) is 2.16. The third kappa shape index (κ3) is 6.41. The number of benzene rings is 1. The SMILES string of the molecule is COCCNC(=O)CNCc1ccc(Br)cc1. The summed E-state index contributed by atoms with van der Waals surface area (Å²) in [7, 11) is 1.61. The van der Waals surface area contributed by atoms with Gasteiger partial charge in [-0.2, -0.15) is 0 Å². The van der Waals surface area contributed by atoms with Gasteiger partial charge < -0.3 is 15.4 Å². The molecule has 94 valence electrons. The van der Waals surface area contributed by atoms with E-state index in [-0.39, 0.29) is 5.91 Å². The number of rotatable bonds is 7. The second kappa shape index (κ2) is 8.22. The first kappa shape index (κ1) is 14.2. The Kier molecular flexibility index (Phi) is 6.84. The number of ether oxygens (including phenoxy) is 1. The molecule has 1 rings (SSSR count). The summed E-state index contributed by atoms with van der Waals surface area (Å²) in [5, 5.41) is 5.82. The molecule has 1 aromatic carbocycles. The van der Waals surface area contributed by atoms with Crippen LogP contribution in [0, 0.1) is 0 Å². The van der Waals surface area contributed by atoms with Crippen LogP contribution in [0.3, 0.4) is 0 Å². The van der Waals surface area contributed by atoms with Crippen LogP contribution in [0.4, 0.5) is 0 Å². The molecule has 0 unspecified atom stereocenters. The number of hydrogen-bond donors (Lipinski definition) is 2. The van der Waals surface area contributed by atoms with Crippen LogP contribution < -0.4 is 10.6 Å². The second-order valence-electron chi connectivity index (χ2n) is 3.57. The summed E-state index contributed by atoms with van der Waals surface area (Å²) in [6.45, 7) is 2.10. The van der Waals surface area contributed by atoms with Crippen molar-refractivity contribution in [3.63, 3.8) is 0 Å². The van der Waals surface area contributed by atoms with E-state index in [1.165, 1.54) is 0 Å². The first-order chi connectivity index (χ1) is 8.22. The highest BCUT2D eigenvalue weighted by atomic mass is 79.9. The molecular weight excluding hydrogens is 284 g/mol. The molecule has 1 aromatic rings. The van der Waals surface area contributed by atoms with E-state index in [1.807, 2.05) is 24.3 Å². The number of halogens is 1. The molecule has 0 aromatic heterocycles. The zero-order chi connectivity index (χ0) is 12.5. The Morgan fingerprint density at radius 3 is 2.71 bits per heavy atom. The Hall–Kier alpha value is -0.910. The van der Waals surface area contributed by atoms with Gasteiger partial charge in [0.25, 0.3) is 0 Å². The fourth-order valence-electron chi connectivity index (χ4n) is 1.28. The Labute approximate surface area is 110 Å². The monoisotopic (exact) mass is 300 g/mol. The Balaban J connectivity index is 2.14. The molecule has 0 aliphatic rings. The predicted octanol–water partition coefficient (Wildman–Crippen LogP) is 1.30. The van der Waals surface area contributed by atoms with Crippen molar-refractivity contribution in [1.29, 1.82) is 0 Å². The van der Waals surface area contributed by atoms with E-state index in [1.54, 1.807) is 7.11 Å². The number of carbonyl (C=O) groups excluding carboxylic acids is 1. The molecule has 0 radical (unpaired) electrons. The molecule has 0 spiro atoms. The van der Waals surface area contributed by atoms with Crippen LogP contribution in [0.5, 0.6) is 0 Å². The molecule has 0 aliphatic heterocycles. The van der Waals surface area contributed by atoms with Crippen molar-refractivity contribution in [3.8, 4) is 0 Å². The highest BCUT2D eigenvalue weighted by Gasteiger charge is 1.99. The summed E-state index contributed by atoms with van der Waals surface area (Å²) in [6, 6.07) is 7.99. The molecular formula is C12H17BrN2O2. The normalized spacial score (nSPS) is 10.2. The van der Waals surface area contributed by atoms with Crippen molar-refractivity contribution < 1.29 is 9.53 Å². The average Bonchev–Trinajstić information content (AvgIpc) is 2.32. The Morgan fingerprint density at radius 2 is 2.06 bits per heavy atom. The van der Waals surface area contributed by atoms with Gasteiger partial charge in [0.05, 0.1) is 13.2 Å². The van der Waals surface area contributed by atoms with Crippen LogP contribution in [-0.4, -0.2) is 32.7 Å². The van der Waals surface area contributed by atoms with Gasteiger partial charge in [0.1, 0.15) is 0 Å². The molecule has 1 amide bonds. The number of carbonyl (C=O) groups is 1. The minimum atomic E-state index is -0.0147. The Bertz CT molecular complexity index is 341. The highest BCUT2D eigenvalue weighted by molar-refractivity contribution is 9.10. The van der Waals surface area contributed by atoms with Crippen LogP contribution in [0.2, 0.25) is 0 Å². The zero-order valence-corrected chi connectivity index (χ0v) is 11.4. The van der Waals surface area contributed by atoms with Gasteiger partial charge in [-0.1, -0.05) is 28.1 Å². The lowest BCUT2D eigenvalue weighted by molar-refractivity contribution is -0.120. The summed E-state index contributed by atoms with van der Waals surface area (Å²) in [4.78, 5) is 11.3. The number of nitrogens with one attached hydrogen (secondary N) is 2. The van der Waals surface area contributed by atoms with Gasteiger partial charge >= 0.3 is 0 Å². The molecule has 0 saturated heterocycles. The van der Waals surface area contributed by atoms with Gasteiger partial charge in [-0.25, -0.2) is 0 Å². The maximum Gasteiger partial charge on any atom is 0.234 e. The number of amides is 1. The molecule has 5 heteroatoms. The quantitative estimate of drug-likeness (QED) is 0.747. The van der Waals surface area contributed by atoms with Gasteiger partial charge in [-0.15, -0.1) is 0 Å². The van der Waals surface area contributed by atoms with E-state index in [2.05, 4.69) is 26.6 Å². The lowest BCUT2D eigenvalue weighted by Crippen LogP contribution is -2.35. The van der Waals surface area contributed by atoms with E-state index >= 15 is 0 Å². The largest absolute Gasteiger partial charge is 0.383 e. The molecule has 0 atom stereocenters. The van der Waals surface area contributed by atoms with E-state index < -0.39 is 0 Å². The standard InChI is InChI=1S/C12H17BrN2O2/c1-17-7-6-15-12(16)9-14-8-10-2-4-11(13)5-3-10/h2-5,14H,6-9H2,1H3,(H,15,16). The molecule has 0 aliphatic carbocycles. The smallest absolute Gasteiger partial charge is 0.234 e. The van der Waals surface area contributed by atoms with Crippen LogP contribution in [0.15, 0.2) is 28.7 Å². The van der Waals surface area contributed by atoms with Crippen molar-refractivity contribution in [1.82, 2.24) is 10.6 Å². The first-order valence-electron chi connectivity index (χ1n) is 5.43. The van der Waals surface area contributed by atoms with E-state index in [4.69, 9.17) is 4.74 Å². The molecule has 17 heavy (non-hydrogen) atoms. The van der Waals surface area contributed by atoms with Crippen molar-refractivity contribution in [2.45, 2.75) is 6.54 Å². The minimum Gasteiger partial charge on any atom is -0.383 e. The molecule has 0 heterocycles. The van der Waals surface area contributed by atoms with E-state index in [0.717, 1.165) is 10.0 Å². The van der Waals surface area contributed by atoms with Crippen LogP contribution >= 0.6 is 15.9 Å². The third-order valence-corrected chi connectivity index (χ3v) is 2.68. The Morgan fingerprint density at radius 1 is 1.35 bits per heavy atom. The summed E-state index contributed by atoms with van der Waals surface area (Å²) < 4.78 is 5.89. The first-order valence-corrected chi connectivity index (χ1v) is 6.22. The molecule has 0 saturated carbocycles. The van der Waals surface area contributed by atoms with Gasteiger partial charge in [0.15, 0.2) is 0 Å². The molecule has 2 N–H and O–H groups in total. The number of hydrogen-bond acceptors (Lipinski definition) is 3. The molecule has 4 nitrogen and oxygen atoms in total. The molecule has 0 fully saturated rings. The van der Waals surface area contributed by atoms with E-state index in [9.17, 15) is 4.79 Å². The lowest BCUT2D eigenvalue weighted by Gasteiger charge is -2.06. The van der Waals surface area contributed by atoms with Crippen molar-refractivity contribution in [2.75, 3.05) is 26.8 Å². The topological polar surface area (TPSA) is 50.4 Å². The van der Waals surface area contributed by atoms with Crippen molar-refractivity contribution in [2.24, 2.45) is 0 Å².